The summed E-state index contributed by atoms with van der Waals surface area (Å²) in [6.07, 6.45) is -1.50. The first-order valence-corrected chi connectivity index (χ1v) is 10.8. The molecule has 0 radical (unpaired) electrons. The van der Waals surface area contributed by atoms with Gasteiger partial charge in [0.2, 0.25) is 0 Å². The maximum Gasteiger partial charge on any atom is 0.397 e. The Morgan fingerprint density at radius 1 is 0.818 bits per heavy atom. The normalized spacial score (nSPS) is 14.1. The Balaban J connectivity index is 1.33. The van der Waals surface area contributed by atoms with Crippen LogP contribution in [0.1, 0.15) is 23.1 Å². The summed E-state index contributed by atoms with van der Waals surface area (Å²) in [7, 11) is 0. The molecule has 0 aliphatic heterocycles. The van der Waals surface area contributed by atoms with Crippen molar-refractivity contribution in [2.24, 2.45) is 5.92 Å². The third kappa shape index (κ3) is 6.26. The van der Waals surface area contributed by atoms with Gasteiger partial charge in [-0.15, -0.1) is 0 Å². The zero-order valence-corrected chi connectivity index (χ0v) is 17.9. The fraction of sp³-hybridized carbons (Fsp3) is 0.308. The molecule has 0 amide bonds. The highest BCUT2D eigenvalue weighted by Gasteiger charge is 2.40. The van der Waals surface area contributed by atoms with Crippen LogP contribution in [0.3, 0.4) is 0 Å². The van der Waals surface area contributed by atoms with Gasteiger partial charge in [-0.05, 0) is 72.4 Å². The van der Waals surface area contributed by atoms with Gasteiger partial charge in [-0.1, -0.05) is 30.3 Å². The number of benzene rings is 3. The molecule has 4 rings (SSSR count). The number of hydrogen-bond donors (Lipinski definition) is 0. The van der Waals surface area contributed by atoms with Gasteiger partial charge in [-0.25, -0.2) is 4.39 Å². The summed E-state index contributed by atoms with van der Waals surface area (Å²) >= 11 is 0. The number of para-hydroxylation sites is 1. The maximum atomic E-state index is 14.1. The minimum Gasteiger partial charge on any atom is -0.493 e. The number of halogens is 4. The van der Waals surface area contributed by atoms with Crippen LogP contribution in [0, 0.1) is 11.7 Å². The average molecular weight is 460 g/mol. The summed E-state index contributed by atoms with van der Waals surface area (Å²) in [4.78, 5) is 0. The first kappa shape index (κ1) is 23.1. The molecule has 3 aromatic rings. The van der Waals surface area contributed by atoms with E-state index >= 15 is 0 Å². The zero-order chi connectivity index (χ0) is 23.3. The summed E-state index contributed by atoms with van der Waals surface area (Å²) in [6, 6.07) is 18.2. The van der Waals surface area contributed by atoms with Crippen LogP contribution in [-0.4, -0.2) is 19.4 Å². The highest BCUT2D eigenvalue weighted by atomic mass is 19.4. The number of ether oxygens (including phenoxy) is 3. The van der Waals surface area contributed by atoms with Crippen molar-refractivity contribution in [3.63, 3.8) is 0 Å². The third-order valence-electron chi connectivity index (χ3n) is 5.54. The van der Waals surface area contributed by atoms with Crippen LogP contribution in [0.2, 0.25) is 0 Å². The second-order valence-electron chi connectivity index (χ2n) is 8.03. The van der Waals surface area contributed by atoms with E-state index in [-0.39, 0.29) is 12.4 Å². The Morgan fingerprint density at radius 2 is 1.61 bits per heavy atom. The Hall–Kier alpha value is -3.06. The fourth-order valence-corrected chi connectivity index (χ4v) is 3.72. The van der Waals surface area contributed by atoms with E-state index in [4.69, 9.17) is 14.2 Å². The minimum atomic E-state index is -4.47. The van der Waals surface area contributed by atoms with Gasteiger partial charge in [0.05, 0.1) is 13.2 Å². The molecule has 0 N–H and O–H groups in total. The number of alkyl halides is 3. The van der Waals surface area contributed by atoms with Crippen molar-refractivity contribution < 1.29 is 31.8 Å². The van der Waals surface area contributed by atoms with Crippen molar-refractivity contribution in [3.05, 3.63) is 89.2 Å². The molecule has 1 aliphatic rings. The van der Waals surface area contributed by atoms with E-state index in [2.05, 4.69) is 0 Å². The molecule has 33 heavy (non-hydrogen) atoms. The topological polar surface area (TPSA) is 27.7 Å². The molecule has 1 aliphatic carbocycles. The number of rotatable bonds is 9. The van der Waals surface area contributed by atoms with Crippen LogP contribution in [0.15, 0.2) is 66.7 Å². The van der Waals surface area contributed by atoms with Gasteiger partial charge in [0.15, 0.2) is 11.6 Å². The summed E-state index contributed by atoms with van der Waals surface area (Å²) in [5.41, 5.74) is 2.87. The molecule has 0 aromatic heterocycles. The molecular weight excluding hydrogens is 436 g/mol. The van der Waals surface area contributed by atoms with Crippen LogP contribution in [0.4, 0.5) is 17.6 Å². The van der Waals surface area contributed by atoms with E-state index < -0.39 is 31.1 Å². The van der Waals surface area contributed by atoms with Gasteiger partial charge in [0.1, 0.15) is 24.0 Å². The molecule has 7 heteroatoms. The van der Waals surface area contributed by atoms with Gasteiger partial charge in [0.25, 0.3) is 0 Å². The lowest BCUT2D eigenvalue weighted by Gasteiger charge is -2.21. The predicted octanol–water partition coefficient (Wildman–Crippen LogP) is 6.88. The molecule has 1 atom stereocenters. The number of fused-ring (bicyclic) bond motifs is 1. The van der Waals surface area contributed by atoms with Crippen molar-refractivity contribution in [2.75, 3.05) is 13.2 Å². The molecule has 0 heterocycles. The molecule has 0 bridgehead atoms. The van der Waals surface area contributed by atoms with E-state index in [1.54, 1.807) is 36.4 Å². The third-order valence-corrected chi connectivity index (χ3v) is 5.54. The molecule has 0 spiro atoms. The average Bonchev–Trinajstić information content (AvgIpc) is 3.26. The van der Waals surface area contributed by atoms with Crippen molar-refractivity contribution in [1.82, 2.24) is 0 Å². The largest absolute Gasteiger partial charge is 0.493 e. The molecule has 3 nitrogen and oxygen atoms in total. The minimum absolute atomic E-state index is 0.0189. The van der Waals surface area contributed by atoms with Gasteiger partial charge in [-0.2, -0.15) is 13.2 Å². The van der Waals surface area contributed by atoms with E-state index in [0.29, 0.717) is 17.1 Å². The molecule has 0 fully saturated rings. The van der Waals surface area contributed by atoms with Gasteiger partial charge in [-0.3, -0.25) is 0 Å². The Bertz CT molecular complexity index is 1070. The van der Waals surface area contributed by atoms with Crippen LogP contribution in [0.5, 0.6) is 17.2 Å². The Kier molecular flexibility index (Phi) is 7.18. The molecular formula is C26H24F4O3. The SMILES string of the molecule is Fc1ccc(COCC(COc2ccc3c(c2)CCC3)C(F)(F)F)cc1Oc1ccccc1. The van der Waals surface area contributed by atoms with Crippen LogP contribution >= 0.6 is 0 Å². The summed E-state index contributed by atoms with van der Waals surface area (Å²) in [5, 5.41) is 0. The summed E-state index contributed by atoms with van der Waals surface area (Å²) in [5.74, 6) is -1.49. The Morgan fingerprint density at radius 3 is 2.39 bits per heavy atom. The maximum absolute atomic E-state index is 14.1. The van der Waals surface area contributed by atoms with Crippen molar-refractivity contribution in [2.45, 2.75) is 32.0 Å². The lowest BCUT2D eigenvalue weighted by Crippen LogP contribution is -2.32. The highest BCUT2D eigenvalue weighted by Crippen LogP contribution is 2.30. The number of aryl methyl sites for hydroxylation is 2. The molecule has 3 aromatic carbocycles. The highest BCUT2D eigenvalue weighted by molar-refractivity contribution is 5.38. The first-order chi connectivity index (χ1) is 15.9. The van der Waals surface area contributed by atoms with Crippen LogP contribution in [0.25, 0.3) is 0 Å². The standard InChI is InChI=1S/C26H24F4O3/c27-24-12-9-18(13-25(24)33-22-7-2-1-3-8-22)15-31-16-21(26(28,29)30)17-32-23-11-10-19-5-4-6-20(19)14-23/h1-3,7-14,21H,4-6,15-17H2. The van der Waals surface area contributed by atoms with E-state index in [0.717, 1.165) is 24.8 Å². The second-order valence-corrected chi connectivity index (χ2v) is 8.03. The molecule has 0 saturated heterocycles. The van der Waals surface area contributed by atoms with Crippen LogP contribution < -0.4 is 9.47 Å². The van der Waals surface area contributed by atoms with Crippen molar-refractivity contribution in [3.8, 4) is 17.2 Å². The van der Waals surface area contributed by atoms with E-state index in [1.165, 1.54) is 23.8 Å². The van der Waals surface area contributed by atoms with Crippen LogP contribution in [-0.2, 0) is 24.2 Å². The predicted molar refractivity (Wildman–Crippen MR) is 116 cm³/mol. The second kappa shape index (κ2) is 10.3. The van der Waals surface area contributed by atoms with E-state index in [1.807, 2.05) is 12.1 Å². The van der Waals surface area contributed by atoms with Gasteiger partial charge in [0, 0.05) is 0 Å². The number of hydrogen-bond acceptors (Lipinski definition) is 3. The zero-order valence-electron chi connectivity index (χ0n) is 17.9. The summed E-state index contributed by atoms with van der Waals surface area (Å²) in [6.45, 7) is -1.22. The molecule has 0 saturated carbocycles. The monoisotopic (exact) mass is 460 g/mol. The smallest absolute Gasteiger partial charge is 0.397 e. The quantitative estimate of drug-likeness (QED) is 0.326. The molecule has 174 valence electrons. The van der Waals surface area contributed by atoms with Crippen molar-refractivity contribution >= 4 is 0 Å². The van der Waals surface area contributed by atoms with Gasteiger partial charge < -0.3 is 14.2 Å². The lowest BCUT2D eigenvalue weighted by atomic mass is 10.1. The van der Waals surface area contributed by atoms with Crippen molar-refractivity contribution in [1.29, 1.82) is 0 Å². The fourth-order valence-electron chi connectivity index (χ4n) is 3.72. The van der Waals surface area contributed by atoms with Gasteiger partial charge >= 0.3 is 6.18 Å². The first-order valence-electron chi connectivity index (χ1n) is 10.8. The lowest BCUT2D eigenvalue weighted by molar-refractivity contribution is -0.196. The molecule has 1 unspecified atom stereocenters. The summed E-state index contributed by atoms with van der Waals surface area (Å²) < 4.78 is 70.9. The Labute approximate surface area is 189 Å². The van der Waals surface area contributed by atoms with E-state index in [9.17, 15) is 17.6 Å².